The Morgan fingerprint density at radius 3 is 2.53 bits per heavy atom. The maximum absolute atomic E-state index is 13.3. The van der Waals surface area contributed by atoms with Crippen LogP contribution in [0.5, 0.6) is 0 Å². The zero-order chi connectivity index (χ0) is 22.3. The van der Waals surface area contributed by atoms with Crippen LogP contribution in [0, 0.1) is 0 Å². The molecule has 4 rings (SSSR count). The Morgan fingerprint density at radius 1 is 0.906 bits per heavy atom. The summed E-state index contributed by atoms with van der Waals surface area (Å²) >= 11 is 6.14. The van der Waals surface area contributed by atoms with Gasteiger partial charge in [-0.15, -0.1) is 0 Å². The first-order chi connectivity index (χ1) is 15.6. The van der Waals surface area contributed by atoms with Gasteiger partial charge in [-0.2, -0.15) is 0 Å². The molecule has 0 bridgehead atoms. The first-order valence-corrected chi connectivity index (χ1v) is 11.3. The first-order valence-electron chi connectivity index (χ1n) is 10.9. The summed E-state index contributed by atoms with van der Waals surface area (Å²) in [6, 6.07) is 22.7. The average molecular weight is 448 g/mol. The van der Waals surface area contributed by atoms with Gasteiger partial charge in [0.1, 0.15) is 0 Å². The molecule has 0 atom stereocenters. The average Bonchev–Trinajstić information content (AvgIpc) is 2.92. The van der Waals surface area contributed by atoms with Crippen LogP contribution in [-0.4, -0.2) is 18.4 Å². The lowest BCUT2D eigenvalue weighted by molar-refractivity contribution is -0.118. The molecule has 2 amide bonds. The van der Waals surface area contributed by atoms with Crippen LogP contribution in [0.3, 0.4) is 0 Å². The number of benzene rings is 3. The molecule has 3 aromatic rings. The first kappa shape index (κ1) is 22.1. The molecule has 0 saturated carbocycles. The Labute approximate surface area is 193 Å². The number of hydrogen-bond acceptors (Lipinski definition) is 3. The van der Waals surface area contributed by atoms with Crippen LogP contribution in [0.15, 0.2) is 72.8 Å². The number of hydrogen-bond donors (Lipinski definition) is 2. The molecule has 0 fully saturated rings. The summed E-state index contributed by atoms with van der Waals surface area (Å²) in [6.07, 6.45) is 3.15. The van der Waals surface area contributed by atoms with Crippen molar-refractivity contribution in [1.29, 1.82) is 0 Å². The van der Waals surface area contributed by atoms with Gasteiger partial charge in [-0.1, -0.05) is 60.5 Å². The number of fused-ring (bicyclic) bond motifs is 2. The molecule has 0 saturated heterocycles. The number of anilines is 3. The Balaban J connectivity index is 1.37. The zero-order valence-electron chi connectivity index (χ0n) is 17.8. The zero-order valence-corrected chi connectivity index (χ0v) is 18.6. The molecule has 6 heteroatoms. The second-order valence-electron chi connectivity index (χ2n) is 7.83. The number of halogens is 1. The summed E-state index contributed by atoms with van der Waals surface area (Å²) < 4.78 is 0. The number of carbonyl (C=O) groups excluding carboxylic acids is 2. The molecule has 0 spiro atoms. The molecular weight excluding hydrogens is 422 g/mol. The van der Waals surface area contributed by atoms with Gasteiger partial charge in [0.2, 0.25) is 5.91 Å². The van der Waals surface area contributed by atoms with E-state index in [0.29, 0.717) is 34.1 Å². The summed E-state index contributed by atoms with van der Waals surface area (Å²) in [4.78, 5) is 27.6. The van der Waals surface area contributed by atoms with Crippen molar-refractivity contribution >= 4 is 40.5 Å². The van der Waals surface area contributed by atoms with Gasteiger partial charge in [0, 0.05) is 18.0 Å². The van der Waals surface area contributed by atoms with Gasteiger partial charge < -0.3 is 10.6 Å². The van der Waals surface area contributed by atoms with Crippen LogP contribution in [-0.2, 0) is 11.3 Å². The molecule has 1 aliphatic heterocycles. The second-order valence-corrected chi connectivity index (χ2v) is 8.27. The highest BCUT2D eigenvalue weighted by Crippen LogP contribution is 2.39. The molecule has 1 heterocycles. The van der Waals surface area contributed by atoms with Gasteiger partial charge in [0.05, 0.1) is 22.6 Å². The van der Waals surface area contributed by atoms with E-state index in [1.54, 1.807) is 35.2 Å². The van der Waals surface area contributed by atoms with Gasteiger partial charge in [-0.05, 0) is 55.3 Å². The van der Waals surface area contributed by atoms with Gasteiger partial charge >= 0.3 is 0 Å². The van der Waals surface area contributed by atoms with E-state index in [0.717, 1.165) is 32.4 Å². The normalized spacial score (nSPS) is 12.5. The Morgan fingerprint density at radius 2 is 1.69 bits per heavy atom. The van der Waals surface area contributed by atoms with Crippen LogP contribution in [0.25, 0.3) is 0 Å². The van der Waals surface area contributed by atoms with Gasteiger partial charge in [-0.3, -0.25) is 14.5 Å². The van der Waals surface area contributed by atoms with E-state index in [-0.39, 0.29) is 11.8 Å². The van der Waals surface area contributed by atoms with Crippen molar-refractivity contribution in [3.8, 4) is 0 Å². The third-order valence-corrected chi connectivity index (χ3v) is 5.74. The number of unbranched alkanes of at least 4 members (excludes halogenated alkanes) is 2. The minimum absolute atomic E-state index is 0.0326. The van der Waals surface area contributed by atoms with E-state index in [2.05, 4.69) is 22.8 Å². The van der Waals surface area contributed by atoms with Crippen molar-refractivity contribution in [2.45, 2.75) is 32.2 Å². The minimum atomic E-state index is -0.246. The number of rotatable bonds is 8. The highest BCUT2D eigenvalue weighted by Gasteiger charge is 2.28. The van der Waals surface area contributed by atoms with Crippen molar-refractivity contribution in [1.82, 2.24) is 5.32 Å². The Kier molecular flexibility index (Phi) is 7.20. The predicted molar refractivity (Wildman–Crippen MR) is 130 cm³/mol. The third kappa shape index (κ3) is 5.18. The fourth-order valence-corrected chi connectivity index (χ4v) is 4.07. The van der Waals surface area contributed by atoms with E-state index < -0.39 is 0 Å². The molecule has 0 radical (unpaired) electrons. The monoisotopic (exact) mass is 447 g/mol. The highest BCUT2D eigenvalue weighted by molar-refractivity contribution is 6.31. The summed E-state index contributed by atoms with van der Waals surface area (Å²) in [5, 5.41) is 6.83. The molecule has 5 nitrogen and oxygen atoms in total. The molecule has 0 aromatic heterocycles. The van der Waals surface area contributed by atoms with Crippen LogP contribution >= 0.6 is 11.6 Å². The number of nitrogens with one attached hydrogen (secondary N) is 2. The fraction of sp³-hybridized carbons (Fsp3) is 0.231. The van der Waals surface area contributed by atoms with Crippen molar-refractivity contribution < 1.29 is 9.59 Å². The molecule has 0 unspecified atom stereocenters. The van der Waals surface area contributed by atoms with Crippen molar-refractivity contribution in [2.24, 2.45) is 0 Å². The summed E-state index contributed by atoms with van der Waals surface area (Å²) in [7, 11) is 0. The number of amides is 2. The van der Waals surface area contributed by atoms with Gasteiger partial charge in [0.25, 0.3) is 5.91 Å². The topological polar surface area (TPSA) is 61.4 Å². The molecule has 2 N–H and O–H groups in total. The highest BCUT2D eigenvalue weighted by atomic mass is 35.5. The Bertz CT molecular complexity index is 1100. The number of para-hydroxylation sites is 1. The Hall–Kier alpha value is -3.15. The smallest absolute Gasteiger partial charge is 0.257 e. The summed E-state index contributed by atoms with van der Waals surface area (Å²) in [5.41, 5.74) is 3.52. The van der Waals surface area contributed by atoms with Crippen LogP contribution in [0.1, 0.15) is 41.6 Å². The van der Waals surface area contributed by atoms with Crippen molar-refractivity contribution in [2.75, 3.05) is 16.8 Å². The van der Waals surface area contributed by atoms with Crippen molar-refractivity contribution in [3.05, 3.63) is 88.9 Å². The molecule has 1 aliphatic rings. The minimum Gasteiger partial charge on any atom is -0.320 e. The standard InChI is InChI=1S/C26H26ClN3O2/c27-20-14-15-24-22(17-20)29-26(32)21-11-6-7-12-23(21)30(24)25(31)13-5-2-8-16-28-18-19-9-3-1-4-10-19/h1,3-4,6-7,9-12,14-15,17,28H,2,5,8,13,16,18H2,(H,29,32). The van der Waals surface area contributed by atoms with Crippen LogP contribution in [0.2, 0.25) is 5.02 Å². The largest absolute Gasteiger partial charge is 0.320 e. The van der Waals surface area contributed by atoms with Gasteiger partial charge in [0.15, 0.2) is 0 Å². The van der Waals surface area contributed by atoms with Crippen LogP contribution < -0.4 is 15.5 Å². The maximum Gasteiger partial charge on any atom is 0.257 e. The molecular formula is C26H26ClN3O2. The predicted octanol–water partition coefficient (Wildman–Crippen LogP) is 5.92. The van der Waals surface area contributed by atoms with E-state index >= 15 is 0 Å². The van der Waals surface area contributed by atoms with E-state index in [9.17, 15) is 9.59 Å². The molecule has 3 aromatic carbocycles. The van der Waals surface area contributed by atoms with E-state index in [1.165, 1.54) is 5.56 Å². The molecule has 164 valence electrons. The molecule has 32 heavy (non-hydrogen) atoms. The summed E-state index contributed by atoms with van der Waals surface area (Å²) in [6.45, 7) is 1.76. The van der Waals surface area contributed by atoms with Crippen LogP contribution in [0.4, 0.5) is 17.1 Å². The molecule has 0 aliphatic carbocycles. The number of nitrogens with zero attached hydrogens (tertiary/aromatic N) is 1. The van der Waals surface area contributed by atoms with Crippen molar-refractivity contribution in [3.63, 3.8) is 0 Å². The second kappa shape index (κ2) is 10.4. The lowest BCUT2D eigenvalue weighted by Crippen LogP contribution is -2.26. The SMILES string of the molecule is O=C1Nc2cc(Cl)ccc2N(C(=O)CCCCCNCc2ccccc2)c2ccccc21. The summed E-state index contributed by atoms with van der Waals surface area (Å²) in [5.74, 6) is -0.279. The van der Waals surface area contributed by atoms with E-state index in [4.69, 9.17) is 11.6 Å². The van der Waals surface area contributed by atoms with E-state index in [1.807, 2.05) is 30.3 Å². The fourth-order valence-electron chi connectivity index (χ4n) is 3.90. The lowest BCUT2D eigenvalue weighted by atomic mass is 10.1. The van der Waals surface area contributed by atoms with Gasteiger partial charge in [-0.25, -0.2) is 0 Å². The quantitative estimate of drug-likeness (QED) is 0.421. The third-order valence-electron chi connectivity index (χ3n) is 5.50. The lowest BCUT2D eigenvalue weighted by Gasteiger charge is -2.24. The maximum atomic E-state index is 13.3. The number of carbonyl (C=O) groups is 2.